The minimum atomic E-state index is -0.00503. The quantitative estimate of drug-likeness (QED) is 0.817. The van der Waals surface area contributed by atoms with Crippen LogP contribution in [0.5, 0.6) is 0 Å². The van der Waals surface area contributed by atoms with Gasteiger partial charge in [0.1, 0.15) is 5.52 Å². The van der Waals surface area contributed by atoms with Crippen LogP contribution in [-0.4, -0.2) is 10.9 Å². The average Bonchev–Trinajstić information content (AvgIpc) is 2.57. The van der Waals surface area contributed by atoms with Gasteiger partial charge in [-0.1, -0.05) is 6.92 Å². The van der Waals surface area contributed by atoms with E-state index in [9.17, 15) is 4.79 Å². The van der Waals surface area contributed by atoms with Crippen LogP contribution < -0.4 is 5.32 Å². The Bertz CT molecular complexity index is 502. The van der Waals surface area contributed by atoms with E-state index in [2.05, 4.69) is 10.3 Å². The van der Waals surface area contributed by atoms with Crippen LogP contribution in [0.4, 0.5) is 5.69 Å². The van der Waals surface area contributed by atoms with Crippen molar-refractivity contribution in [2.24, 2.45) is 0 Å². The van der Waals surface area contributed by atoms with Crippen molar-refractivity contribution in [3.05, 3.63) is 24.1 Å². The van der Waals surface area contributed by atoms with E-state index in [1.807, 2.05) is 6.92 Å². The second-order valence-electron chi connectivity index (χ2n) is 3.32. The van der Waals surface area contributed by atoms with Crippen molar-refractivity contribution in [1.29, 1.82) is 0 Å². The molecule has 0 fully saturated rings. The highest BCUT2D eigenvalue weighted by atomic mass is 16.3. The van der Waals surface area contributed by atoms with Gasteiger partial charge in [0.2, 0.25) is 5.91 Å². The summed E-state index contributed by atoms with van der Waals surface area (Å²) < 4.78 is 5.33. The minimum Gasteiger partial charge on any atom is -0.441 e. The molecule has 0 aliphatic rings. The van der Waals surface area contributed by atoms with E-state index < -0.39 is 0 Å². The van der Waals surface area contributed by atoms with Crippen molar-refractivity contribution >= 4 is 22.7 Å². The van der Waals surface area contributed by atoms with Gasteiger partial charge in [-0.25, -0.2) is 4.98 Å². The molecule has 15 heavy (non-hydrogen) atoms. The standard InChI is InChI=1S/C11H12N2O2/c1-3-11(14)13-8-4-5-10-9(6-8)12-7(2)15-10/h4-6H,3H2,1-2H3,(H,13,14). The molecule has 0 unspecified atom stereocenters. The lowest BCUT2D eigenvalue weighted by Crippen LogP contribution is -2.08. The molecule has 2 aromatic rings. The van der Waals surface area contributed by atoms with E-state index in [0.29, 0.717) is 12.3 Å². The fraction of sp³-hybridized carbons (Fsp3) is 0.273. The van der Waals surface area contributed by atoms with Gasteiger partial charge in [0, 0.05) is 19.0 Å². The second-order valence-corrected chi connectivity index (χ2v) is 3.32. The second kappa shape index (κ2) is 3.73. The average molecular weight is 204 g/mol. The number of aromatic nitrogens is 1. The third kappa shape index (κ3) is 1.98. The van der Waals surface area contributed by atoms with Crippen molar-refractivity contribution in [2.45, 2.75) is 20.3 Å². The molecule has 4 nitrogen and oxygen atoms in total. The Kier molecular flexibility index (Phi) is 2.41. The number of hydrogen-bond acceptors (Lipinski definition) is 3. The predicted molar refractivity (Wildman–Crippen MR) is 57.7 cm³/mol. The van der Waals surface area contributed by atoms with Gasteiger partial charge in [-0.2, -0.15) is 0 Å². The summed E-state index contributed by atoms with van der Waals surface area (Å²) in [4.78, 5) is 15.4. The SMILES string of the molecule is CCC(=O)Nc1ccc2oc(C)nc2c1. The molecule has 1 aromatic heterocycles. The molecule has 78 valence electrons. The number of amides is 1. The first-order valence-corrected chi connectivity index (χ1v) is 4.86. The van der Waals surface area contributed by atoms with Gasteiger partial charge in [-0.15, -0.1) is 0 Å². The molecule has 4 heteroatoms. The lowest BCUT2D eigenvalue weighted by Gasteiger charge is -2.01. The molecule has 0 bridgehead atoms. The zero-order valence-corrected chi connectivity index (χ0v) is 8.70. The van der Waals surface area contributed by atoms with Crippen molar-refractivity contribution in [3.8, 4) is 0 Å². The van der Waals surface area contributed by atoms with Gasteiger partial charge in [-0.05, 0) is 18.2 Å². The fourth-order valence-electron chi connectivity index (χ4n) is 1.37. The van der Waals surface area contributed by atoms with Crippen LogP contribution in [0.15, 0.2) is 22.6 Å². The highest BCUT2D eigenvalue weighted by Gasteiger charge is 2.04. The van der Waals surface area contributed by atoms with E-state index in [1.54, 1.807) is 25.1 Å². The highest BCUT2D eigenvalue weighted by molar-refractivity contribution is 5.92. The number of nitrogens with one attached hydrogen (secondary N) is 1. The summed E-state index contributed by atoms with van der Waals surface area (Å²) in [6, 6.07) is 5.42. The zero-order valence-electron chi connectivity index (χ0n) is 8.70. The number of hydrogen-bond donors (Lipinski definition) is 1. The first-order valence-electron chi connectivity index (χ1n) is 4.86. The summed E-state index contributed by atoms with van der Waals surface area (Å²) in [6.07, 6.45) is 0.468. The normalized spacial score (nSPS) is 10.5. The molecular formula is C11H12N2O2. The van der Waals surface area contributed by atoms with Gasteiger partial charge in [0.15, 0.2) is 11.5 Å². The lowest BCUT2D eigenvalue weighted by atomic mass is 10.3. The number of nitrogens with zero attached hydrogens (tertiary/aromatic N) is 1. The van der Waals surface area contributed by atoms with Crippen LogP contribution in [0.2, 0.25) is 0 Å². The lowest BCUT2D eigenvalue weighted by molar-refractivity contribution is -0.115. The molecule has 0 saturated carbocycles. The smallest absolute Gasteiger partial charge is 0.224 e. The molecule has 0 saturated heterocycles. The predicted octanol–water partition coefficient (Wildman–Crippen LogP) is 2.48. The van der Waals surface area contributed by atoms with E-state index in [0.717, 1.165) is 16.8 Å². The number of oxazole rings is 1. The number of aryl methyl sites for hydroxylation is 1. The van der Waals surface area contributed by atoms with Crippen LogP contribution in [0.3, 0.4) is 0 Å². The van der Waals surface area contributed by atoms with Gasteiger partial charge in [0.05, 0.1) is 0 Å². The molecule has 0 spiro atoms. The Morgan fingerprint density at radius 2 is 2.33 bits per heavy atom. The van der Waals surface area contributed by atoms with Crippen LogP contribution in [0.1, 0.15) is 19.2 Å². The molecule has 0 atom stereocenters. The van der Waals surface area contributed by atoms with Gasteiger partial charge < -0.3 is 9.73 Å². The molecule has 0 radical (unpaired) electrons. The van der Waals surface area contributed by atoms with E-state index in [-0.39, 0.29) is 5.91 Å². The van der Waals surface area contributed by atoms with Crippen molar-refractivity contribution in [1.82, 2.24) is 4.98 Å². The number of carbonyl (C=O) groups is 1. The summed E-state index contributed by atoms with van der Waals surface area (Å²) in [5.41, 5.74) is 2.26. The van der Waals surface area contributed by atoms with Crippen LogP contribution in [-0.2, 0) is 4.79 Å². The Labute approximate surface area is 87.3 Å². The Hall–Kier alpha value is -1.84. The molecule has 0 aliphatic carbocycles. The summed E-state index contributed by atoms with van der Waals surface area (Å²) in [7, 11) is 0. The third-order valence-corrected chi connectivity index (χ3v) is 2.10. The van der Waals surface area contributed by atoms with Crippen LogP contribution in [0.25, 0.3) is 11.1 Å². The number of fused-ring (bicyclic) bond motifs is 1. The highest BCUT2D eigenvalue weighted by Crippen LogP contribution is 2.19. The monoisotopic (exact) mass is 204 g/mol. The molecule has 1 aromatic carbocycles. The van der Waals surface area contributed by atoms with Gasteiger partial charge >= 0.3 is 0 Å². The summed E-state index contributed by atoms with van der Waals surface area (Å²) in [5, 5.41) is 2.77. The molecular weight excluding hydrogens is 192 g/mol. The first-order chi connectivity index (χ1) is 7.19. The van der Waals surface area contributed by atoms with E-state index >= 15 is 0 Å². The number of carbonyl (C=O) groups excluding carboxylic acids is 1. The zero-order chi connectivity index (χ0) is 10.8. The molecule has 0 aliphatic heterocycles. The molecule has 1 N–H and O–H groups in total. The maximum Gasteiger partial charge on any atom is 0.224 e. The van der Waals surface area contributed by atoms with E-state index in [4.69, 9.17) is 4.42 Å². The first kappa shape index (κ1) is 9.71. The van der Waals surface area contributed by atoms with Gasteiger partial charge in [0.25, 0.3) is 0 Å². The third-order valence-electron chi connectivity index (χ3n) is 2.10. The number of benzene rings is 1. The number of anilines is 1. The van der Waals surface area contributed by atoms with Crippen molar-refractivity contribution < 1.29 is 9.21 Å². The largest absolute Gasteiger partial charge is 0.441 e. The minimum absolute atomic E-state index is 0.00503. The molecule has 1 amide bonds. The van der Waals surface area contributed by atoms with Crippen molar-refractivity contribution in [2.75, 3.05) is 5.32 Å². The molecule has 1 heterocycles. The topological polar surface area (TPSA) is 55.1 Å². The van der Waals surface area contributed by atoms with Crippen LogP contribution >= 0.6 is 0 Å². The Morgan fingerprint density at radius 3 is 3.07 bits per heavy atom. The Morgan fingerprint density at radius 1 is 1.53 bits per heavy atom. The van der Waals surface area contributed by atoms with E-state index in [1.165, 1.54) is 0 Å². The fourth-order valence-corrected chi connectivity index (χ4v) is 1.37. The number of rotatable bonds is 2. The Balaban J connectivity index is 2.33. The maximum atomic E-state index is 11.2. The maximum absolute atomic E-state index is 11.2. The van der Waals surface area contributed by atoms with Gasteiger partial charge in [-0.3, -0.25) is 4.79 Å². The molecule has 2 rings (SSSR count). The summed E-state index contributed by atoms with van der Waals surface area (Å²) in [6.45, 7) is 3.61. The van der Waals surface area contributed by atoms with Crippen LogP contribution in [0, 0.1) is 6.92 Å². The van der Waals surface area contributed by atoms with Crippen molar-refractivity contribution in [3.63, 3.8) is 0 Å². The summed E-state index contributed by atoms with van der Waals surface area (Å²) >= 11 is 0. The summed E-state index contributed by atoms with van der Waals surface area (Å²) in [5.74, 6) is 0.624.